The highest BCUT2D eigenvalue weighted by molar-refractivity contribution is 9.10. The molecule has 1 aromatic rings. The molecule has 0 bridgehead atoms. The first kappa shape index (κ1) is 11.7. The van der Waals surface area contributed by atoms with Crippen molar-refractivity contribution in [1.82, 2.24) is 5.32 Å². The molecule has 0 spiro atoms. The highest BCUT2D eigenvalue weighted by Gasteiger charge is 2.01. The third-order valence-corrected chi connectivity index (χ3v) is 2.90. The minimum Gasteiger partial charge on any atom is -0.320 e. The van der Waals surface area contributed by atoms with Gasteiger partial charge in [0.1, 0.15) is 5.82 Å². The van der Waals surface area contributed by atoms with Gasteiger partial charge in [0.15, 0.2) is 0 Å². The Hall–Kier alpha value is -0.410. The molecule has 0 aliphatic rings. The van der Waals surface area contributed by atoms with Gasteiger partial charge in [0.05, 0.1) is 0 Å². The summed E-state index contributed by atoms with van der Waals surface area (Å²) in [6.45, 7) is 1.02. The predicted molar refractivity (Wildman–Crippen MR) is 61.0 cm³/mol. The van der Waals surface area contributed by atoms with Gasteiger partial charge < -0.3 is 5.32 Å². The molecule has 78 valence electrons. The van der Waals surface area contributed by atoms with Crippen molar-refractivity contribution < 1.29 is 4.39 Å². The van der Waals surface area contributed by atoms with E-state index in [0.29, 0.717) is 0 Å². The van der Waals surface area contributed by atoms with Crippen molar-refractivity contribution in [2.45, 2.75) is 19.3 Å². The zero-order valence-corrected chi connectivity index (χ0v) is 9.90. The standard InChI is InChI=1S/C11H15BrFN/c1-14-7-3-2-4-9-8-10(13)5-6-11(9)12/h5-6,8,14H,2-4,7H2,1H3. The van der Waals surface area contributed by atoms with Crippen molar-refractivity contribution in [2.75, 3.05) is 13.6 Å². The van der Waals surface area contributed by atoms with Gasteiger partial charge in [-0.25, -0.2) is 4.39 Å². The highest BCUT2D eigenvalue weighted by Crippen LogP contribution is 2.19. The number of rotatable bonds is 5. The lowest BCUT2D eigenvalue weighted by molar-refractivity contribution is 0.621. The molecule has 0 aliphatic heterocycles. The quantitative estimate of drug-likeness (QED) is 0.802. The zero-order chi connectivity index (χ0) is 10.4. The van der Waals surface area contributed by atoms with Gasteiger partial charge in [-0.15, -0.1) is 0 Å². The molecule has 1 nitrogen and oxygen atoms in total. The van der Waals surface area contributed by atoms with Crippen LogP contribution in [0.1, 0.15) is 18.4 Å². The first-order valence-corrected chi connectivity index (χ1v) is 5.62. The van der Waals surface area contributed by atoms with Gasteiger partial charge in [-0.2, -0.15) is 0 Å². The highest BCUT2D eigenvalue weighted by atomic mass is 79.9. The number of nitrogens with one attached hydrogen (secondary N) is 1. The number of hydrogen-bond donors (Lipinski definition) is 1. The van der Waals surface area contributed by atoms with Crippen LogP contribution in [0.15, 0.2) is 22.7 Å². The van der Waals surface area contributed by atoms with E-state index in [9.17, 15) is 4.39 Å². The summed E-state index contributed by atoms with van der Waals surface area (Å²) < 4.78 is 13.9. The topological polar surface area (TPSA) is 12.0 Å². The maximum Gasteiger partial charge on any atom is 0.123 e. The van der Waals surface area contributed by atoms with Crippen LogP contribution in [-0.4, -0.2) is 13.6 Å². The minimum atomic E-state index is -0.156. The van der Waals surface area contributed by atoms with E-state index in [2.05, 4.69) is 21.2 Å². The van der Waals surface area contributed by atoms with Crippen molar-refractivity contribution in [3.63, 3.8) is 0 Å². The maximum absolute atomic E-state index is 12.9. The monoisotopic (exact) mass is 259 g/mol. The largest absolute Gasteiger partial charge is 0.320 e. The van der Waals surface area contributed by atoms with Gasteiger partial charge in [-0.05, 0) is 56.6 Å². The Morgan fingerprint density at radius 3 is 2.86 bits per heavy atom. The first-order chi connectivity index (χ1) is 6.74. The second kappa shape index (κ2) is 6.14. The van der Waals surface area contributed by atoms with Crippen molar-refractivity contribution in [3.05, 3.63) is 34.1 Å². The molecule has 0 aromatic heterocycles. The van der Waals surface area contributed by atoms with Crippen molar-refractivity contribution >= 4 is 15.9 Å². The van der Waals surface area contributed by atoms with Crippen LogP contribution in [-0.2, 0) is 6.42 Å². The third-order valence-electron chi connectivity index (χ3n) is 2.13. The number of benzene rings is 1. The average Bonchev–Trinajstić information content (AvgIpc) is 2.18. The summed E-state index contributed by atoms with van der Waals surface area (Å²) in [5.74, 6) is -0.156. The van der Waals surface area contributed by atoms with Crippen LogP contribution in [0.3, 0.4) is 0 Å². The van der Waals surface area contributed by atoms with Gasteiger partial charge in [0.2, 0.25) is 0 Å². The number of aryl methyl sites for hydroxylation is 1. The van der Waals surface area contributed by atoms with E-state index in [0.717, 1.165) is 35.8 Å². The van der Waals surface area contributed by atoms with E-state index in [1.807, 2.05) is 7.05 Å². The van der Waals surface area contributed by atoms with Gasteiger partial charge in [-0.3, -0.25) is 0 Å². The molecule has 0 atom stereocenters. The predicted octanol–water partition coefficient (Wildman–Crippen LogP) is 3.13. The summed E-state index contributed by atoms with van der Waals surface area (Å²) in [7, 11) is 1.94. The lowest BCUT2D eigenvalue weighted by atomic mass is 10.1. The average molecular weight is 260 g/mol. The summed E-state index contributed by atoms with van der Waals surface area (Å²) in [6.07, 6.45) is 3.14. The van der Waals surface area contributed by atoms with Crippen molar-refractivity contribution in [1.29, 1.82) is 0 Å². The normalized spacial score (nSPS) is 10.5. The SMILES string of the molecule is CNCCCCc1cc(F)ccc1Br. The van der Waals surface area contributed by atoms with Crippen LogP contribution < -0.4 is 5.32 Å². The van der Waals surface area contributed by atoms with Crippen LogP contribution >= 0.6 is 15.9 Å². The molecule has 0 heterocycles. The smallest absolute Gasteiger partial charge is 0.123 e. The molecule has 0 fully saturated rings. The van der Waals surface area contributed by atoms with Gasteiger partial charge >= 0.3 is 0 Å². The Morgan fingerprint density at radius 2 is 2.14 bits per heavy atom. The van der Waals surface area contributed by atoms with Gasteiger partial charge in [0.25, 0.3) is 0 Å². The summed E-state index contributed by atoms with van der Waals surface area (Å²) in [5, 5.41) is 3.09. The molecule has 1 rings (SSSR count). The Morgan fingerprint density at radius 1 is 1.36 bits per heavy atom. The van der Waals surface area contributed by atoms with E-state index in [-0.39, 0.29) is 5.82 Å². The van der Waals surface area contributed by atoms with Crippen molar-refractivity contribution in [2.24, 2.45) is 0 Å². The van der Waals surface area contributed by atoms with Crippen LogP contribution in [0.25, 0.3) is 0 Å². The van der Waals surface area contributed by atoms with Gasteiger partial charge in [-0.1, -0.05) is 15.9 Å². The van der Waals surface area contributed by atoms with E-state index in [4.69, 9.17) is 0 Å². The van der Waals surface area contributed by atoms with E-state index in [1.54, 1.807) is 12.1 Å². The summed E-state index contributed by atoms with van der Waals surface area (Å²) >= 11 is 3.42. The third kappa shape index (κ3) is 3.76. The van der Waals surface area contributed by atoms with E-state index >= 15 is 0 Å². The van der Waals surface area contributed by atoms with Crippen LogP contribution in [0, 0.1) is 5.82 Å². The van der Waals surface area contributed by atoms with Crippen LogP contribution in [0.4, 0.5) is 4.39 Å². The molecule has 0 amide bonds. The molecule has 3 heteroatoms. The minimum absolute atomic E-state index is 0.156. The molecule has 0 radical (unpaired) electrons. The Labute approximate surface area is 92.8 Å². The molecule has 0 saturated heterocycles. The Bertz CT molecular complexity index is 289. The molecule has 1 aromatic carbocycles. The van der Waals surface area contributed by atoms with Crippen LogP contribution in [0.5, 0.6) is 0 Å². The lowest BCUT2D eigenvalue weighted by Gasteiger charge is -2.04. The fourth-order valence-corrected chi connectivity index (χ4v) is 1.80. The second-order valence-corrected chi connectivity index (χ2v) is 4.15. The zero-order valence-electron chi connectivity index (χ0n) is 8.32. The molecular weight excluding hydrogens is 245 g/mol. The summed E-state index contributed by atoms with van der Waals surface area (Å²) in [6, 6.07) is 4.84. The molecule has 0 aliphatic carbocycles. The number of hydrogen-bond acceptors (Lipinski definition) is 1. The van der Waals surface area contributed by atoms with Crippen molar-refractivity contribution in [3.8, 4) is 0 Å². The molecule has 14 heavy (non-hydrogen) atoms. The Kier molecular flexibility index (Phi) is 5.12. The molecule has 1 N–H and O–H groups in total. The summed E-state index contributed by atoms with van der Waals surface area (Å²) in [4.78, 5) is 0. The van der Waals surface area contributed by atoms with Crippen LogP contribution in [0.2, 0.25) is 0 Å². The summed E-state index contributed by atoms with van der Waals surface area (Å²) in [5.41, 5.74) is 1.06. The number of unbranched alkanes of at least 4 members (excludes halogenated alkanes) is 1. The van der Waals surface area contributed by atoms with E-state index < -0.39 is 0 Å². The Balaban J connectivity index is 2.45. The van der Waals surface area contributed by atoms with Gasteiger partial charge in [0, 0.05) is 4.47 Å². The first-order valence-electron chi connectivity index (χ1n) is 4.82. The second-order valence-electron chi connectivity index (χ2n) is 3.30. The van der Waals surface area contributed by atoms with E-state index in [1.165, 1.54) is 6.07 Å². The molecule has 0 unspecified atom stereocenters. The fourth-order valence-electron chi connectivity index (χ4n) is 1.35. The molecule has 0 saturated carbocycles. The lowest BCUT2D eigenvalue weighted by Crippen LogP contribution is -2.07. The number of halogens is 2. The molecular formula is C11H15BrFN. The fraction of sp³-hybridized carbons (Fsp3) is 0.455. The maximum atomic E-state index is 12.9.